The van der Waals surface area contributed by atoms with Crippen molar-refractivity contribution >= 4 is 5.91 Å². The second-order valence-electron chi connectivity index (χ2n) is 7.69. The third kappa shape index (κ3) is 5.04. The van der Waals surface area contributed by atoms with Gasteiger partial charge in [0.1, 0.15) is 6.33 Å². The monoisotopic (exact) mass is 423 g/mol. The number of carbonyl (C=O) groups excluding carboxylic acids is 1. The molecule has 1 N–H and O–H groups in total. The summed E-state index contributed by atoms with van der Waals surface area (Å²) in [5.74, 6) is -0.224. The maximum atomic E-state index is 13.1. The van der Waals surface area contributed by atoms with Crippen LogP contribution in [0, 0.1) is 6.92 Å². The molecule has 10 nitrogen and oxygen atoms in total. The molecule has 0 bridgehead atoms. The Morgan fingerprint density at radius 2 is 1.97 bits per heavy atom. The topological polar surface area (TPSA) is 107 Å². The number of aryl methyl sites for hydroxylation is 1. The molecule has 31 heavy (non-hydrogen) atoms. The number of benzene rings is 1. The van der Waals surface area contributed by atoms with Crippen molar-refractivity contribution in [1.82, 2.24) is 35.0 Å². The van der Waals surface area contributed by atoms with Gasteiger partial charge in [-0.25, -0.2) is 4.68 Å². The van der Waals surface area contributed by atoms with Gasteiger partial charge in [-0.15, -0.1) is 5.10 Å². The van der Waals surface area contributed by atoms with Gasteiger partial charge in [-0.05, 0) is 48.0 Å². The standard InChI is InChI=1S/C21H25N7O3/c1-15-3-4-20(29)27(12-15)18-9-17(10-19(11-18)28-14-22-24-25-28)21(30)23-16(2)13-26-5-7-31-8-6-26/h3-4,9-12,14,16H,5-8,13H2,1-2H3,(H,23,30)/t16-/m0/s1. The van der Waals surface area contributed by atoms with Gasteiger partial charge in [0.05, 0.1) is 24.6 Å². The van der Waals surface area contributed by atoms with Crippen LogP contribution < -0.4 is 10.9 Å². The van der Waals surface area contributed by atoms with Crippen LogP contribution >= 0.6 is 0 Å². The summed E-state index contributed by atoms with van der Waals surface area (Å²) in [7, 11) is 0. The van der Waals surface area contributed by atoms with E-state index in [1.807, 2.05) is 13.8 Å². The van der Waals surface area contributed by atoms with Crippen LogP contribution in [0.4, 0.5) is 0 Å². The summed E-state index contributed by atoms with van der Waals surface area (Å²) in [6.45, 7) is 7.76. The molecule has 3 heterocycles. The van der Waals surface area contributed by atoms with Crippen LogP contribution in [-0.2, 0) is 4.74 Å². The van der Waals surface area contributed by atoms with Gasteiger partial charge in [-0.3, -0.25) is 19.1 Å². The fraction of sp³-hybridized carbons (Fsp3) is 0.381. The highest BCUT2D eigenvalue weighted by atomic mass is 16.5. The van der Waals surface area contributed by atoms with Crippen LogP contribution in [-0.4, -0.2) is 74.5 Å². The maximum Gasteiger partial charge on any atom is 0.255 e. The Labute approximate surface area is 179 Å². The average Bonchev–Trinajstić information content (AvgIpc) is 3.31. The lowest BCUT2D eigenvalue weighted by Crippen LogP contribution is -2.46. The molecule has 1 saturated heterocycles. The lowest BCUT2D eigenvalue weighted by Gasteiger charge is -2.29. The first-order chi connectivity index (χ1) is 15.0. The fourth-order valence-electron chi connectivity index (χ4n) is 3.60. The number of pyridine rings is 1. The quantitative estimate of drug-likeness (QED) is 0.618. The van der Waals surface area contributed by atoms with Gasteiger partial charge in [0, 0.05) is 43.5 Å². The van der Waals surface area contributed by atoms with Gasteiger partial charge in [-0.2, -0.15) is 0 Å². The minimum atomic E-state index is -0.224. The number of hydrogen-bond donors (Lipinski definition) is 1. The number of carbonyl (C=O) groups is 1. The fourth-order valence-corrected chi connectivity index (χ4v) is 3.60. The Morgan fingerprint density at radius 3 is 2.71 bits per heavy atom. The summed E-state index contributed by atoms with van der Waals surface area (Å²) in [5, 5.41) is 14.3. The van der Waals surface area contributed by atoms with Crippen LogP contribution in [0.2, 0.25) is 0 Å². The largest absolute Gasteiger partial charge is 0.379 e. The summed E-state index contributed by atoms with van der Waals surface area (Å²) in [6.07, 6.45) is 3.19. The predicted octanol–water partition coefficient (Wildman–Crippen LogP) is 0.572. The highest BCUT2D eigenvalue weighted by molar-refractivity contribution is 5.95. The smallest absolute Gasteiger partial charge is 0.255 e. The molecule has 0 radical (unpaired) electrons. The van der Waals surface area contributed by atoms with Crippen molar-refractivity contribution < 1.29 is 9.53 Å². The Kier molecular flexibility index (Phi) is 6.19. The molecule has 0 unspecified atom stereocenters. The second kappa shape index (κ2) is 9.19. The van der Waals surface area contributed by atoms with E-state index < -0.39 is 0 Å². The van der Waals surface area contributed by atoms with Gasteiger partial charge in [0.2, 0.25) is 0 Å². The third-order valence-electron chi connectivity index (χ3n) is 5.13. The van der Waals surface area contributed by atoms with E-state index in [4.69, 9.17) is 4.74 Å². The normalized spacial score (nSPS) is 15.5. The van der Waals surface area contributed by atoms with Crippen LogP contribution in [0.5, 0.6) is 0 Å². The van der Waals surface area contributed by atoms with Gasteiger partial charge in [0.15, 0.2) is 0 Å². The molecule has 1 amide bonds. The highest BCUT2D eigenvalue weighted by Crippen LogP contribution is 2.17. The van der Waals surface area contributed by atoms with E-state index in [-0.39, 0.29) is 17.5 Å². The number of nitrogens with zero attached hydrogens (tertiary/aromatic N) is 6. The van der Waals surface area contributed by atoms with Crippen molar-refractivity contribution in [1.29, 1.82) is 0 Å². The molecule has 162 valence electrons. The first kappa shape index (κ1) is 20.9. The van der Waals surface area contributed by atoms with E-state index in [0.717, 1.165) is 25.2 Å². The zero-order valence-electron chi connectivity index (χ0n) is 17.6. The molecule has 1 aliphatic heterocycles. The van der Waals surface area contributed by atoms with E-state index in [1.54, 1.807) is 30.5 Å². The molecular formula is C21H25N7O3. The molecule has 2 aromatic heterocycles. The molecule has 1 aliphatic rings. The maximum absolute atomic E-state index is 13.1. The number of ether oxygens (including phenoxy) is 1. The lowest BCUT2D eigenvalue weighted by atomic mass is 10.1. The van der Waals surface area contributed by atoms with Gasteiger partial charge < -0.3 is 10.1 Å². The van der Waals surface area contributed by atoms with Crippen LogP contribution in [0.15, 0.2) is 47.7 Å². The summed E-state index contributed by atoms with van der Waals surface area (Å²) in [5.41, 5.74) is 2.31. The number of nitrogens with one attached hydrogen (secondary N) is 1. The third-order valence-corrected chi connectivity index (χ3v) is 5.13. The summed E-state index contributed by atoms with van der Waals surface area (Å²) >= 11 is 0. The number of tetrazole rings is 1. The van der Waals surface area contributed by atoms with Gasteiger partial charge >= 0.3 is 0 Å². The molecule has 0 saturated carbocycles. The highest BCUT2D eigenvalue weighted by Gasteiger charge is 2.18. The van der Waals surface area contributed by atoms with Crippen molar-refractivity contribution in [2.45, 2.75) is 19.9 Å². The lowest BCUT2D eigenvalue weighted by molar-refractivity contribution is 0.0342. The van der Waals surface area contributed by atoms with Gasteiger partial charge in [-0.1, -0.05) is 6.07 Å². The van der Waals surface area contributed by atoms with Crippen LogP contribution in [0.3, 0.4) is 0 Å². The van der Waals surface area contributed by atoms with Gasteiger partial charge in [0.25, 0.3) is 11.5 Å². The minimum absolute atomic E-state index is 0.0487. The summed E-state index contributed by atoms with van der Waals surface area (Å²) < 4.78 is 8.35. The van der Waals surface area contributed by atoms with E-state index in [9.17, 15) is 9.59 Å². The average molecular weight is 423 g/mol. The zero-order valence-corrected chi connectivity index (χ0v) is 17.6. The van der Waals surface area contributed by atoms with E-state index in [0.29, 0.717) is 30.2 Å². The number of morpholine rings is 1. The Morgan fingerprint density at radius 1 is 1.19 bits per heavy atom. The molecule has 4 rings (SSSR count). The minimum Gasteiger partial charge on any atom is -0.379 e. The molecule has 3 aromatic rings. The first-order valence-corrected chi connectivity index (χ1v) is 10.2. The zero-order chi connectivity index (χ0) is 21.8. The SMILES string of the molecule is Cc1ccc(=O)n(-c2cc(C(=O)N[C@@H](C)CN3CCOCC3)cc(-n3cnnn3)c2)c1. The second-order valence-corrected chi connectivity index (χ2v) is 7.69. The van der Waals surface area contributed by atoms with E-state index in [2.05, 4.69) is 25.7 Å². The Balaban J connectivity index is 1.63. The van der Waals surface area contributed by atoms with Crippen molar-refractivity contribution in [3.8, 4) is 11.4 Å². The number of amides is 1. The van der Waals surface area contributed by atoms with Crippen molar-refractivity contribution in [3.63, 3.8) is 0 Å². The van der Waals surface area contributed by atoms with Crippen LogP contribution in [0.25, 0.3) is 11.4 Å². The Bertz CT molecular complexity index is 1100. The molecule has 10 heteroatoms. The number of hydrogen-bond acceptors (Lipinski definition) is 7. The van der Waals surface area contributed by atoms with Crippen LogP contribution in [0.1, 0.15) is 22.8 Å². The van der Waals surface area contributed by atoms with Crippen molar-refractivity contribution in [2.75, 3.05) is 32.8 Å². The predicted molar refractivity (Wildman–Crippen MR) is 114 cm³/mol. The molecule has 1 aromatic carbocycles. The first-order valence-electron chi connectivity index (χ1n) is 10.2. The molecule has 1 atom stereocenters. The van der Waals surface area contributed by atoms with Crippen molar-refractivity contribution in [3.05, 3.63) is 64.3 Å². The molecule has 1 fully saturated rings. The molecular weight excluding hydrogens is 398 g/mol. The Hall–Kier alpha value is -3.37. The molecule has 0 aliphatic carbocycles. The van der Waals surface area contributed by atoms with Crippen molar-refractivity contribution in [2.24, 2.45) is 0 Å². The van der Waals surface area contributed by atoms with E-state index in [1.165, 1.54) is 21.6 Å². The molecule has 0 spiro atoms. The summed E-state index contributed by atoms with van der Waals surface area (Å²) in [6, 6.07) is 8.38. The number of aromatic nitrogens is 5. The van der Waals surface area contributed by atoms with E-state index >= 15 is 0 Å². The summed E-state index contributed by atoms with van der Waals surface area (Å²) in [4.78, 5) is 27.8. The number of rotatable bonds is 6.